The van der Waals surface area contributed by atoms with Gasteiger partial charge in [-0.05, 0) is 24.6 Å². The molecule has 1 heterocycles. The van der Waals surface area contributed by atoms with Crippen LogP contribution in [0.1, 0.15) is 29.9 Å². The van der Waals surface area contributed by atoms with E-state index in [1.807, 2.05) is 0 Å². The molecule has 0 aliphatic heterocycles. The summed E-state index contributed by atoms with van der Waals surface area (Å²) < 4.78 is 40.0. The number of halogens is 4. The van der Waals surface area contributed by atoms with E-state index in [4.69, 9.17) is 0 Å². The molecule has 25 heavy (non-hydrogen) atoms. The van der Waals surface area contributed by atoms with Crippen LogP contribution in [0.3, 0.4) is 0 Å². The molecule has 2 rings (SSSR count). The Labute approximate surface area is 161 Å². The van der Waals surface area contributed by atoms with Crippen LogP contribution in [-0.2, 0) is 19.8 Å². The van der Waals surface area contributed by atoms with Crippen LogP contribution in [0, 0.1) is 0 Å². The Balaban J connectivity index is 0.00000312. The molecule has 0 saturated carbocycles. The Morgan fingerprint density at radius 2 is 2.08 bits per heavy atom. The number of aromatic nitrogens is 3. The predicted octanol–water partition coefficient (Wildman–Crippen LogP) is 2.88. The SMILES string of the molecule is CN=C(NCc1ncnn1C)NC(C)c1cccc(C(F)(F)F)c1.I. The van der Waals surface area contributed by atoms with Gasteiger partial charge in [0.25, 0.3) is 0 Å². The highest BCUT2D eigenvalue weighted by atomic mass is 127. The summed E-state index contributed by atoms with van der Waals surface area (Å²) in [7, 11) is 3.36. The van der Waals surface area contributed by atoms with Gasteiger partial charge < -0.3 is 10.6 Å². The number of nitrogens with zero attached hydrogens (tertiary/aromatic N) is 4. The first kappa shape index (κ1) is 21.2. The van der Waals surface area contributed by atoms with E-state index in [9.17, 15) is 13.2 Å². The maximum Gasteiger partial charge on any atom is 0.416 e. The maximum absolute atomic E-state index is 12.8. The van der Waals surface area contributed by atoms with Crippen LogP contribution in [0.5, 0.6) is 0 Å². The molecule has 0 spiro atoms. The number of aliphatic imine (C=N–C) groups is 1. The molecule has 0 saturated heterocycles. The number of alkyl halides is 3. The number of aryl methyl sites for hydroxylation is 1. The Kier molecular flexibility index (Phi) is 7.64. The van der Waals surface area contributed by atoms with E-state index in [-0.39, 0.29) is 30.0 Å². The van der Waals surface area contributed by atoms with Gasteiger partial charge in [-0.3, -0.25) is 9.67 Å². The molecule has 1 aromatic carbocycles. The lowest BCUT2D eigenvalue weighted by Crippen LogP contribution is -2.38. The average Bonchev–Trinajstić information content (AvgIpc) is 2.95. The second-order valence-corrected chi connectivity index (χ2v) is 5.21. The summed E-state index contributed by atoms with van der Waals surface area (Å²) in [6.07, 6.45) is -2.92. The van der Waals surface area contributed by atoms with Crippen molar-refractivity contribution in [3.8, 4) is 0 Å². The smallest absolute Gasteiger partial charge is 0.350 e. The third-order valence-electron chi connectivity index (χ3n) is 3.51. The third-order valence-corrected chi connectivity index (χ3v) is 3.51. The molecule has 0 amide bonds. The van der Waals surface area contributed by atoms with Crippen molar-refractivity contribution in [3.63, 3.8) is 0 Å². The molecule has 0 bridgehead atoms. The van der Waals surface area contributed by atoms with Crippen molar-refractivity contribution in [2.24, 2.45) is 12.0 Å². The first-order valence-electron chi connectivity index (χ1n) is 7.28. The molecular weight excluding hydrogens is 448 g/mol. The lowest BCUT2D eigenvalue weighted by Gasteiger charge is -2.19. The zero-order valence-electron chi connectivity index (χ0n) is 14.0. The largest absolute Gasteiger partial charge is 0.416 e. The van der Waals surface area contributed by atoms with E-state index in [1.54, 1.807) is 31.8 Å². The first-order chi connectivity index (χ1) is 11.3. The van der Waals surface area contributed by atoms with Crippen molar-refractivity contribution in [3.05, 3.63) is 47.5 Å². The van der Waals surface area contributed by atoms with Crippen LogP contribution in [0.15, 0.2) is 35.6 Å². The normalized spacial score (nSPS) is 13.1. The average molecular weight is 468 g/mol. The highest BCUT2D eigenvalue weighted by Crippen LogP contribution is 2.30. The van der Waals surface area contributed by atoms with Crippen molar-refractivity contribution in [1.29, 1.82) is 0 Å². The van der Waals surface area contributed by atoms with Gasteiger partial charge in [0.05, 0.1) is 18.2 Å². The summed E-state index contributed by atoms with van der Waals surface area (Å²) in [5, 5.41) is 10.1. The van der Waals surface area contributed by atoms with Crippen LogP contribution >= 0.6 is 24.0 Å². The van der Waals surface area contributed by atoms with Crippen LogP contribution in [0.2, 0.25) is 0 Å². The minimum Gasteiger partial charge on any atom is -0.350 e. The van der Waals surface area contributed by atoms with Gasteiger partial charge in [-0.25, -0.2) is 4.98 Å². The van der Waals surface area contributed by atoms with E-state index in [2.05, 4.69) is 25.7 Å². The Hall–Kier alpha value is -1.85. The van der Waals surface area contributed by atoms with Crippen molar-refractivity contribution in [1.82, 2.24) is 25.4 Å². The number of guanidine groups is 1. The first-order valence-corrected chi connectivity index (χ1v) is 7.28. The van der Waals surface area contributed by atoms with Gasteiger partial charge in [-0.15, -0.1) is 24.0 Å². The van der Waals surface area contributed by atoms with Gasteiger partial charge in [0.2, 0.25) is 0 Å². The van der Waals surface area contributed by atoms with E-state index in [0.717, 1.165) is 12.1 Å². The van der Waals surface area contributed by atoms with Crippen LogP contribution in [-0.4, -0.2) is 27.8 Å². The van der Waals surface area contributed by atoms with Crippen molar-refractivity contribution >= 4 is 29.9 Å². The zero-order chi connectivity index (χ0) is 17.7. The minimum absolute atomic E-state index is 0. The summed E-state index contributed by atoms with van der Waals surface area (Å²) in [6, 6.07) is 4.87. The van der Waals surface area contributed by atoms with Crippen molar-refractivity contribution in [2.75, 3.05) is 7.05 Å². The summed E-state index contributed by atoms with van der Waals surface area (Å²) in [6.45, 7) is 2.16. The van der Waals surface area contributed by atoms with Crippen LogP contribution in [0.4, 0.5) is 13.2 Å². The second kappa shape index (κ2) is 9.02. The fourth-order valence-electron chi connectivity index (χ4n) is 2.11. The number of rotatable bonds is 4. The number of nitrogens with one attached hydrogen (secondary N) is 2. The van der Waals surface area contributed by atoms with E-state index in [0.29, 0.717) is 23.9 Å². The van der Waals surface area contributed by atoms with Gasteiger partial charge in [0, 0.05) is 14.1 Å². The highest BCUT2D eigenvalue weighted by Gasteiger charge is 2.30. The topological polar surface area (TPSA) is 67.1 Å². The molecular formula is C15H20F3IN6. The van der Waals surface area contributed by atoms with Gasteiger partial charge in [0.1, 0.15) is 12.2 Å². The molecule has 0 radical (unpaired) electrons. The van der Waals surface area contributed by atoms with Crippen LogP contribution < -0.4 is 10.6 Å². The molecule has 0 aliphatic rings. The molecule has 0 aliphatic carbocycles. The molecule has 2 aromatic rings. The summed E-state index contributed by atoms with van der Waals surface area (Å²) >= 11 is 0. The number of benzene rings is 1. The van der Waals surface area contributed by atoms with Gasteiger partial charge in [0.15, 0.2) is 5.96 Å². The molecule has 0 fully saturated rings. The molecule has 1 unspecified atom stereocenters. The fraction of sp³-hybridized carbons (Fsp3) is 0.400. The number of hydrogen-bond donors (Lipinski definition) is 2. The molecule has 1 atom stereocenters. The summed E-state index contributed by atoms with van der Waals surface area (Å²) in [5.41, 5.74) is -0.151. The van der Waals surface area contributed by atoms with Crippen molar-refractivity contribution < 1.29 is 13.2 Å². The molecule has 6 nitrogen and oxygen atoms in total. The molecule has 2 N–H and O–H groups in total. The lowest BCUT2D eigenvalue weighted by atomic mass is 10.1. The number of hydrogen-bond acceptors (Lipinski definition) is 3. The second-order valence-electron chi connectivity index (χ2n) is 5.21. The van der Waals surface area contributed by atoms with E-state index >= 15 is 0 Å². The summed E-state index contributed by atoms with van der Waals surface area (Å²) in [4.78, 5) is 8.15. The van der Waals surface area contributed by atoms with Gasteiger partial charge >= 0.3 is 6.18 Å². The predicted molar refractivity (Wildman–Crippen MR) is 99.6 cm³/mol. The van der Waals surface area contributed by atoms with Gasteiger partial charge in [-0.1, -0.05) is 12.1 Å². The monoisotopic (exact) mass is 468 g/mol. The molecule has 1 aromatic heterocycles. The Morgan fingerprint density at radius 1 is 1.36 bits per heavy atom. The molecule has 138 valence electrons. The van der Waals surface area contributed by atoms with E-state index in [1.165, 1.54) is 12.4 Å². The third kappa shape index (κ3) is 5.87. The highest BCUT2D eigenvalue weighted by molar-refractivity contribution is 14.0. The maximum atomic E-state index is 12.8. The van der Waals surface area contributed by atoms with Crippen LogP contribution in [0.25, 0.3) is 0 Å². The minimum atomic E-state index is -4.36. The molecule has 10 heteroatoms. The zero-order valence-corrected chi connectivity index (χ0v) is 16.3. The fourth-order valence-corrected chi connectivity index (χ4v) is 2.11. The Bertz CT molecular complexity index is 713. The quantitative estimate of drug-likeness (QED) is 0.412. The van der Waals surface area contributed by atoms with Crippen molar-refractivity contribution in [2.45, 2.75) is 25.7 Å². The lowest BCUT2D eigenvalue weighted by molar-refractivity contribution is -0.137. The standard InChI is InChI=1S/C15H19F3N6.HI/c1-10(11-5-4-6-12(7-11)15(16,17)18)23-14(19-2)20-8-13-21-9-22-24(13)3;/h4-7,9-10H,8H2,1-3H3,(H2,19,20,23);1H. The van der Waals surface area contributed by atoms with E-state index < -0.39 is 11.7 Å². The Morgan fingerprint density at radius 3 is 2.64 bits per heavy atom. The van der Waals surface area contributed by atoms with Gasteiger partial charge in [-0.2, -0.15) is 18.3 Å². The summed E-state index contributed by atoms with van der Waals surface area (Å²) in [5.74, 6) is 1.17.